The van der Waals surface area contributed by atoms with Gasteiger partial charge in [-0.05, 0) is 0 Å². The van der Waals surface area contributed by atoms with Gasteiger partial charge in [0.1, 0.15) is 0 Å². The normalized spacial score (nSPS) is 0. The summed E-state index contributed by atoms with van der Waals surface area (Å²) in [6, 6.07) is 0. The summed E-state index contributed by atoms with van der Waals surface area (Å²) in [4.78, 5) is 0. The van der Waals surface area contributed by atoms with Crippen LogP contribution in [-0.4, -0.2) is 514 Å². The van der Waals surface area contributed by atoms with Gasteiger partial charge in [-0.1, -0.05) is 0 Å². The van der Waals surface area contributed by atoms with E-state index in [1.54, 1.807) is 0 Å². The Balaban J connectivity index is 0. The van der Waals surface area contributed by atoms with Crippen LogP contribution in [0.4, 0.5) is 0 Å². The molecular weight excluding hydrogens is 1100 g/mol. The second kappa shape index (κ2) is 262. The van der Waals surface area contributed by atoms with Gasteiger partial charge in [-0.2, -0.15) is 0 Å². The van der Waals surface area contributed by atoms with Crippen molar-refractivity contribution in [2.45, 2.75) is 0 Å². The molecule has 0 heterocycles. The molecule has 0 spiro atoms. The summed E-state index contributed by atoms with van der Waals surface area (Å²) < 4.78 is 0. The van der Waals surface area contributed by atoms with E-state index in [-0.39, 0.29) is 762 Å². The Kier molecular flexibility index (Phi) is 2430. The van der Waals surface area contributed by atoms with Gasteiger partial charge < -0.3 is 0 Å². The van der Waals surface area contributed by atoms with Crippen LogP contribution in [0, 0.1) is 0 Å². The van der Waals surface area contributed by atoms with Gasteiger partial charge in [-0.25, -0.2) is 0 Å². The molecule has 30 heteroatoms. The van der Waals surface area contributed by atoms with Gasteiger partial charge in [0.15, 0.2) is 0 Å². The first kappa shape index (κ1) is 278. The molecule has 0 radical (unpaired) electrons. The van der Waals surface area contributed by atoms with Crippen molar-refractivity contribution < 1.29 is 0 Å². The van der Waals surface area contributed by atoms with E-state index in [9.17, 15) is 0 Å². The predicted octanol–water partition coefficient (Wildman–Crippen LogP) is 1.95. The van der Waals surface area contributed by atoms with Crippen LogP contribution in [0.15, 0.2) is 0 Å². The third kappa shape index (κ3) is 247. The van der Waals surface area contributed by atoms with Gasteiger partial charge in [0.25, 0.3) is 0 Å². The molecule has 30 heavy (non-hydrogen) atoms. The second-order valence-corrected chi connectivity index (χ2v) is 0. The van der Waals surface area contributed by atoms with Gasteiger partial charge in [0, 0.05) is 0 Å². The van der Waals surface area contributed by atoms with E-state index in [2.05, 4.69) is 0 Å². The van der Waals surface area contributed by atoms with E-state index in [1.165, 1.54) is 0 Å². The molecule has 180 valence electrons. The van der Waals surface area contributed by atoms with Crippen LogP contribution in [-0.2, 0) is 0 Å². The average Bonchev–Trinajstić information content (AvgIpc) is 0. The molecule has 0 N–H and O–H groups in total. The fraction of sp³-hybridized carbons (Fsp3) is 0. The summed E-state index contributed by atoms with van der Waals surface area (Å²) >= 11 is 0. The Morgan fingerprint density at radius 1 is 0.0667 bits per heavy atom. The Labute approximate surface area is 734 Å². The molecule has 0 aliphatic carbocycles. The van der Waals surface area contributed by atoms with Crippen LogP contribution in [0.25, 0.3) is 0 Å². The molecule has 0 aliphatic heterocycles. The fourth-order valence-electron chi connectivity index (χ4n) is 0. The summed E-state index contributed by atoms with van der Waals surface area (Å²) in [7, 11) is 0. The quantitative estimate of drug-likeness (QED) is 0.326. The minimum atomic E-state index is 0. The fourth-order valence-corrected chi connectivity index (χ4v) is 0. The van der Waals surface area contributed by atoms with Gasteiger partial charge in [-0.3, -0.25) is 0 Å². The maximum absolute atomic E-state index is 0. The van der Waals surface area contributed by atoms with E-state index in [1.807, 2.05) is 0 Å². The molecule has 0 aromatic heterocycles. The maximum atomic E-state index is 0. The van der Waals surface area contributed by atoms with Gasteiger partial charge in [-0.15, -0.1) is 248 Å². The summed E-state index contributed by atoms with van der Waals surface area (Å²) in [5.74, 6) is 0. The Morgan fingerprint density at radius 2 is 0.0667 bits per heavy atom. The summed E-state index contributed by atoms with van der Waals surface area (Å²) in [6.07, 6.45) is 0. The molecule has 0 saturated heterocycles. The van der Waals surface area contributed by atoms with E-state index in [0.717, 1.165) is 0 Å². The molecule has 0 amide bonds. The van der Waals surface area contributed by atoms with Crippen LogP contribution in [0.2, 0.25) is 0 Å². The van der Waals surface area contributed by atoms with Crippen LogP contribution in [0.5, 0.6) is 0 Å². The Hall–Kier alpha value is 22.2. The van der Waals surface area contributed by atoms with E-state index < -0.39 is 0 Å². The minimum absolute atomic E-state index is 0. The van der Waals surface area contributed by atoms with E-state index in [0.29, 0.717) is 0 Å². The molecule has 0 aliphatic rings. The molecule has 0 fully saturated rings. The summed E-state index contributed by atoms with van der Waals surface area (Å²) in [6.45, 7) is 0. The third-order valence-electron chi connectivity index (χ3n) is 0. The molecule has 0 aromatic rings. The number of hydrogen-bond donors (Lipinski definition) is 0. The van der Waals surface area contributed by atoms with Crippen LogP contribution >= 0.6 is 248 Å². The van der Waals surface area contributed by atoms with Crippen molar-refractivity contribution in [1.82, 2.24) is 0 Å². The predicted molar refractivity (Wildman–Crippen MR) is 216 cm³/mol. The van der Waals surface area contributed by atoms with Gasteiger partial charge in [0.2, 0.25) is 0 Å². The van der Waals surface area contributed by atoms with Gasteiger partial charge in [0.05, 0.1) is 0 Å². The van der Waals surface area contributed by atoms with Crippen molar-refractivity contribution >= 4 is 762 Å². The van der Waals surface area contributed by atoms with Crippen molar-refractivity contribution in [2.24, 2.45) is 0 Å². The molecule has 0 rings (SSSR count). The summed E-state index contributed by atoms with van der Waals surface area (Å²) in [5.41, 5.74) is 0. The van der Waals surface area contributed by atoms with Crippen molar-refractivity contribution in [3.05, 3.63) is 0 Å². The van der Waals surface area contributed by atoms with Crippen LogP contribution in [0.1, 0.15) is 0 Å². The zero-order valence-corrected chi connectivity index (χ0v) is 24.5. The molecule has 0 aromatic carbocycles. The number of hydrogen-bond acceptors (Lipinski definition) is 0. The van der Waals surface area contributed by atoms with Crippen LogP contribution in [0.3, 0.4) is 0 Å². The Morgan fingerprint density at radius 3 is 0.0667 bits per heavy atom. The van der Waals surface area contributed by atoms with Crippen molar-refractivity contribution in [3.8, 4) is 0 Å². The monoisotopic (exact) mass is 1120 g/mol. The third-order valence-corrected chi connectivity index (χ3v) is 0. The standard InChI is InChI=1S/20ClH.10K.10H/h20*1H;;;;;;;;;;;;;;;;;;;;. The zero-order valence-electron chi connectivity index (χ0n) is 8.16. The number of halogens is 20. The first-order valence-corrected chi connectivity index (χ1v) is 0. The zero-order chi connectivity index (χ0) is 0. The molecule has 0 bridgehead atoms. The van der Waals surface area contributed by atoms with E-state index >= 15 is 0 Å². The summed E-state index contributed by atoms with van der Waals surface area (Å²) in [5, 5.41) is 0. The molecule has 0 unspecified atom stereocenters. The number of rotatable bonds is 0. The van der Waals surface area contributed by atoms with E-state index in [4.69, 9.17) is 0 Å². The Bertz CT molecular complexity index is 27.5. The molecule has 0 saturated carbocycles. The van der Waals surface area contributed by atoms with Crippen molar-refractivity contribution in [2.75, 3.05) is 0 Å². The molecule has 0 nitrogen and oxygen atoms in total. The van der Waals surface area contributed by atoms with Crippen LogP contribution < -0.4 is 0 Å². The van der Waals surface area contributed by atoms with Crippen molar-refractivity contribution in [3.63, 3.8) is 0 Å². The molecular formula is H30Cl20K10. The average molecular weight is 1130 g/mol. The first-order valence-electron chi connectivity index (χ1n) is 0. The molecule has 0 atom stereocenters. The SMILES string of the molecule is Cl.Cl.Cl.Cl.Cl.Cl.Cl.Cl.Cl.Cl.Cl.Cl.Cl.Cl.Cl.Cl.Cl.Cl.Cl.Cl.[KH].[KH].[KH].[KH].[KH].[KH].[KH].[KH].[KH].[KH]. The second-order valence-electron chi connectivity index (χ2n) is 0. The topological polar surface area (TPSA) is 0 Å². The van der Waals surface area contributed by atoms with Gasteiger partial charge >= 0.3 is 514 Å². The van der Waals surface area contributed by atoms with Crippen molar-refractivity contribution in [1.29, 1.82) is 0 Å². The first-order chi connectivity index (χ1) is 0.